The third kappa shape index (κ3) is 3.04. The van der Waals surface area contributed by atoms with Crippen molar-refractivity contribution in [1.29, 1.82) is 0 Å². The minimum Gasteiger partial charge on any atom is -0.456 e. The monoisotopic (exact) mass is 463 g/mol. The van der Waals surface area contributed by atoms with Crippen molar-refractivity contribution in [2.75, 3.05) is 0 Å². The summed E-state index contributed by atoms with van der Waals surface area (Å²) in [4.78, 5) is 0. The van der Waals surface area contributed by atoms with Crippen LogP contribution >= 0.6 is 0 Å². The molecule has 0 aliphatic heterocycles. The molecule has 5 aromatic carbocycles. The van der Waals surface area contributed by atoms with Crippen LogP contribution in [-0.4, -0.2) is 4.57 Å². The largest absolute Gasteiger partial charge is 0.456 e. The molecule has 0 saturated carbocycles. The molecule has 7 rings (SSSR count). The van der Waals surface area contributed by atoms with E-state index in [0.29, 0.717) is 0 Å². The Morgan fingerprint density at radius 1 is 0.694 bits per heavy atom. The molecule has 0 spiro atoms. The highest BCUT2D eigenvalue weighted by Gasteiger charge is 2.16. The molecule has 7 aromatic rings. The Kier molecular flexibility index (Phi) is 4.62. The van der Waals surface area contributed by atoms with Gasteiger partial charge < -0.3 is 8.98 Å². The van der Waals surface area contributed by atoms with Crippen LogP contribution in [0.15, 0.2) is 120 Å². The Morgan fingerprint density at radius 3 is 2.33 bits per heavy atom. The van der Waals surface area contributed by atoms with Crippen molar-refractivity contribution in [2.45, 2.75) is 13.3 Å². The Hall–Kier alpha value is -4.56. The maximum absolute atomic E-state index is 6.18. The summed E-state index contributed by atoms with van der Waals surface area (Å²) in [5.41, 5.74) is 10.1. The molecule has 36 heavy (non-hydrogen) atoms. The second-order valence-corrected chi connectivity index (χ2v) is 9.37. The van der Waals surface area contributed by atoms with Crippen molar-refractivity contribution >= 4 is 49.3 Å². The van der Waals surface area contributed by atoms with Crippen LogP contribution in [0.1, 0.15) is 18.9 Å². The van der Waals surface area contributed by atoms with Crippen LogP contribution in [0.2, 0.25) is 0 Å². The molecule has 0 aliphatic carbocycles. The third-order valence-electron chi connectivity index (χ3n) is 7.33. The van der Waals surface area contributed by atoms with Crippen LogP contribution in [0.3, 0.4) is 0 Å². The maximum Gasteiger partial charge on any atom is 0.136 e. The van der Waals surface area contributed by atoms with Gasteiger partial charge in [0, 0.05) is 27.2 Å². The second-order valence-electron chi connectivity index (χ2n) is 9.37. The molecule has 0 atom stereocenters. The molecular weight excluding hydrogens is 438 g/mol. The number of aromatic nitrogens is 1. The molecular formula is C34H25NO. The van der Waals surface area contributed by atoms with E-state index < -0.39 is 0 Å². The summed E-state index contributed by atoms with van der Waals surface area (Å²) >= 11 is 0. The van der Waals surface area contributed by atoms with Crippen molar-refractivity contribution in [1.82, 2.24) is 4.57 Å². The van der Waals surface area contributed by atoms with Crippen molar-refractivity contribution in [3.63, 3.8) is 0 Å². The first-order valence-electron chi connectivity index (χ1n) is 12.5. The van der Waals surface area contributed by atoms with Crippen molar-refractivity contribution in [3.8, 4) is 16.8 Å². The number of para-hydroxylation sites is 2. The van der Waals surface area contributed by atoms with E-state index in [1.54, 1.807) is 0 Å². The average Bonchev–Trinajstić information content (AvgIpc) is 3.48. The molecule has 2 aromatic heterocycles. The number of hydrogen-bond acceptors (Lipinski definition) is 1. The molecule has 0 unspecified atom stereocenters. The van der Waals surface area contributed by atoms with E-state index in [2.05, 4.69) is 115 Å². The fraction of sp³-hybridized carbons (Fsp3) is 0.0588. The first-order valence-corrected chi connectivity index (χ1v) is 12.5. The van der Waals surface area contributed by atoms with E-state index >= 15 is 0 Å². The molecule has 0 N–H and O–H groups in total. The van der Waals surface area contributed by atoms with Crippen molar-refractivity contribution < 1.29 is 4.42 Å². The Balaban J connectivity index is 1.54. The van der Waals surface area contributed by atoms with Crippen LogP contribution < -0.4 is 0 Å². The molecule has 2 heteroatoms. The van der Waals surface area contributed by atoms with E-state index in [0.717, 1.165) is 39.6 Å². The van der Waals surface area contributed by atoms with Gasteiger partial charge in [0.1, 0.15) is 11.2 Å². The van der Waals surface area contributed by atoms with Gasteiger partial charge in [-0.05, 0) is 65.1 Å². The van der Waals surface area contributed by atoms with Gasteiger partial charge in [-0.15, -0.1) is 0 Å². The van der Waals surface area contributed by atoms with E-state index in [1.807, 2.05) is 12.1 Å². The lowest BCUT2D eigenvalue weighted by molar-refractivity contribution is 0.669. The van der Waals surface area contributed by atoms with E-state index in [4.69, 9.17) is 4.42 Å². The number of fused-ring (bicyclic) bond motifs is 6. The molecule has 172 valence electrons. The fourth-order valence-electron chi connectivity index (χ4n) is 5.50. The predicted octanol–water partition coefficient (Wildman–Crippen LogP) is 9.77. The Morgan fingerprint density at radius 2 is 1.44 bits per heavy atom. The maximum atomic E-state index is 6.18. The van der Waals surface area contributed by atoms with E-state index in [-0.39, 0.29) is 0 Å². The van der Waals surface area contributed by atoms with Gasteiger partial charge in [0.25, 0.3) is 0 Å². The Labute approximate surface area is 209 Å². The number of benzene rings is 5. The predicted molar refractivity (Wildman–Crippen MR) is 153 cm³/mol. The lowest BCUT2D eigenvalue weighted by atomic mass is 9.98. The zero-order chi connectivity index (χ0) is 24.2. The van der Waals surface area contributed by atoms with Gasteiger partial charge in [0.2, 0.25) is 0 Å². The number of allylic oxidation sites excluding steroid dienone is 1. The second kappa shape index (κ2) is 8.00. The summed E-state index contributed by atoms with van der Waals surface area (Å²) in [5.74, 6) is 0. The fourth-order valence-corrected chi connectivity index (χ4v) is 5.50. The van der Waals surface area contributed by atoms with Gasteiger partial charge in [0.15, 0.2) is 0 Å². The van der Waals surface area contributed by atoms with Gasteiger partial charge in [-0.3, -0.25) is 0 Å². The molecule has 2 nitrogen and oxygen atoms in total. The topological polar surface area (TPSA) is 18.1 Å². The zero-order valence-electron chi connectivity index (χ0n) is 20.2. The van der Waals surface area contributed by atoms with Gasteiger partial charge in [0.05, 0.1) is 11.0 Å². The SMILES string of the molecule is C=C(CC)c1cccc(-n2c3ccccc3c3ccc(-c4cccc5oc6ccccc6c45)cc32)c1. The summed E-state index contributed by atoms with van der Waals surface area (Å²) in [5, 5.41) is 4.81. The highest BCUT2D eigenvalue weighted by molar-refractivity contribution is 6.14. The smallest absolute Gasteiger partial charge is 0.136 e. The van der Waals surface area contributed by atoms with Crippen LogP contribution in [0.25, 0.3) is 66.1 Å². The van der Waals surface area contributed by atoms with E-state index in [1.165, 1.54) is 38.5 Å². The summed E-state index contributed by atoms with van der Waals surface area (Å²) in [6.07, 6.45) is 0.934. The number of hydrogen-bond donors (Lipinski definition) is 0. The molecule has 0 amide bonds. The molecule has 0 aliphatic rings. The van der Waals surface area contributed by atoms with Crippen molar-refractivity contribution in [3.05, 3.63) is 121 Å². The minimum atomic E-state index is 0.917. The van der Waals surface area contributed by atoms with Crippen LogP contribution in [0.5, 0.6) is 0 Å². The number of nitrogens with zero attached hydrogens (tertiary/aromatic N) is 1. The van der Waals surface area contributed by atoms with Crippen LogP contribution in [0, 0.1) is 0 Å². The normalized spacial score (nSPS) is 11.7. The molecule has 0 saturated heterocycles. The van der Waals surface area contributed by atoms with Crippen molar-refractivity contribution in [2.24, 2.45) is 0 Å². The molecule has 0 bridgehead atoms. The standard InChI is InChI=1S/C34H25NO/c1-3-22(2)23-10-8-11-25(20-23)35-30-15-6-4-12-27(30)28-19-18-24(21-31(28)35)26-14-9-17-33-34(26)29-13-5-7-16-32(29)36-33/h4-21H,2-3H2,1H3. The molecule has 0 radical (unpaired) electrons. The number of furan rings is 1. The first-order chi connectivity index (χ1) is 17.7. The number of rotatable bonds is 4. The quantitative estimate of drug-likeness (QED) is 0.254. The van der Waals surface area contributed by atoms with Gasteiger partial charge in [-0.2, -0.15) is 0 Å². The summed E-state index contributed by atoms with van der Waals surface area (Å²) in [6.45, 7) is 6.43. The lowest BCUT2D eigenvalue weighted by Crippen LogP contribution is -1.95. The van der Waals surface area contributed by atoms with Crippen LogP contribution in [-0.2, 0) is 0 Å². The summed E-state index contributed by atoms with van der Waals surface area (Å²) in [7, 11) is 0. The Bertz CT molecular complexity index is 1950. The van der Waals surface area contributed by atoms with Gasteiger partial charge in [-0.1, -0.05) is 86.3 Å². The summed E-state index contributed by atoms with van der Waals surface area (Å²) in [6, 6.07) is 38.8. The lowest BCUT2D eigenvalue weighted by Gasteiger charge is -2.12. The molecule has 0 fully saturated rings. The van der Waals surface area contributed by atoms with Crippen LogP contribution in [0.4, 0.5) is 0 Å². The van der Waals surface area contributed by atoms with Gasteiger partial charge >= 0.3 is 0 Å². The third-order valence-corrected chi connectivity index (χ3v) is 7.33. The highest BCUT2D eigenvalue weighted by Crippen LogP contribution is 2.39. The first kappa shape index (κ1) is 20.8. The zero-order valence-corrected chi connectivity index (χ0v) is 20.2. The molecule has 2 heterocycles. The average molecular weight is 464 g/mol. The highest BCUT2D eigenvalue weighted by atomic mass is 16.3. The van der Waals surface area contributed by atoms with Gasteiger partial charge in [-0.25, -0.2) is 0 Å². The summed E-state index contributed by atoms with van der Waals surface area (Å²) < 4.78 is 8.56. The minimum absolute atomic E-state index is 0.917. The van der Waals surface area contributed by atoms with E-state index in [9.17, 15) is 0 Å².